The second-order valence-corrected chi connectivity index (χ2v) is 4.31. The Balaban J connectivity index is 2.24. The van der Waals surface area contributed by atoms with Crippen molar-refractivity contribution in [2.24, 2.45) is 5.73 Å². The summed E-state index contributed by atoms with van der Waals surface area (Å²) in [6.07, 6.45) is 8.07. The number of carbonyl (C=O) groups excluding carboxylic acids is 1. The maximum Gasteiger partial charge on any atom is 0.239 e. The number of likely N-dealkylation sites (N-methyl/N-ethyl adjacent to an activating group) is 1. The van der Waals surface area contributed by atoms with E-state index in [1.54, 1.807) is 17.4 Å². The van der Waals surface area contributed by atoms with Gasteiger partial charge in [-0.3, -0.25) is 4.79 Å². The number of nitrogens with two attached hydrogens (primary N) is 1. The molecule has 0 saturated carbocycles. The number of hydrogen-bond acceptors (Lipinski definition) is 3. The number of carbonyl (C=O) groups is 1. The lowest BCUT2D eigenvalue weighted by Gasteiger charge is -2.21. The molecule has 0 aliphatic heterocycles. The number of imidazole rings is 1. The Bertz CT molecular complexity index is 323. The van der Waals surface area contributed by atoms with Gasteiger partial charge in [-0.1, -0.05) is 13.3 Å². The van der Waals surface area contributed by atoms with Crippen LogP contribution in [-0.2, 0) is 11.3 Å². The zero-order valence-electron chi connectivity index (χ0n) is 10.7. The van der Waals surface area contributed by atoms with Crippen molar-refractivity contribution in [2.45, 2.75) is 38.8 Å². The van der Waals surface area contributed by atoms with Crippen LogP contribution in [0.4, 0.5) is 0 Å². The van der Waals surface area contributed by atoms with E-state index >= 15 is 0 Å². The molecule has 1 amide bonds. The lowest BCUT2D eigenvalue weighted by atomic mass is 10.1. The molecule has 2 N–H and O–H groups in total. The fourth-order valence-electron chi connectivity index (χ4n) is 1.74. The van der Waals surface area contributed by atoms with Crippen molar-refractivity contribution in [2.75, 3.05) is 13.6 Å². The predicted molar refractivity (Wildman–Crippen MR) is 67.4 cm³/mol. The van der Waals surface area contributed by atoms with Crippen molar-refractivity contribution in [3.63, 3.8) is 0 Å². The maximum absolute atomic E-state index is 11.8. The molecule has 0 aliphatic rings. The Morgan fingerprint density at radius 3 is 2.94 bits per heavy atom. The quantitative estimate of drug-likeness (QED) is 0.766. The van der Waals surface area contributed by atoms with E-state index in [1.165, 1.54) is 0 Å². The van der Waals surface area contributed by atoms with Gasteiger partial charge in [0.15, 0.2) is 0 Å². The smallest absolute Gasteiger partial charge is 0.239 e. The van der Waals surface area contributed by atoms with Crippen LogP contribution in [0.2, 0.25) is 0 Å². The Morgan fingerprint density at radius 2 is 2.35 bits per heavy atom. The Hall–Kier alpha value is -1.36. The molecular formula is C12H22N4O. The van der Waals surface area contributed by atoms with Crippen LogP contribution in [0.1, 0.15) is 26.2 Å². The standard InChI is InChI=1S/C12H22N4O/c1-3-5-11(13)12(17)15(2)7-4-8-16-9-6-14-10-16/h6,9-11H,3-5,7-8,13H2,1-2H3. The molecule has 1 aromatic rings. The minimum atomic E-state index is -0.349. The first-order chi connectivity index (χ1) is 8.15. The first kappa shape index (κ1) is 13.7. The van der Waals surface area contributed by atoms with Crippen LogP contribution < -0.4 is 5.73 Å². The van der Waals surface area contributed by atoms with Gasteiger partial charge in [-0.05, 0) is 12.8 Å². The molecule has 5 heteroatoms. The van der Waals surface area contributed by atoms with Crippen LogP contribution in [0.3, 0.4) is 0 Å². The lowest BCUT2D eigenvalue weighted by molar-refractivity contribution is -0.131. The molecule has 1 unspecified atom stereocenters. The molecule has 0 aliphatic carbocycles. The summed E-state index contributed by atoms with van der Waals surface area (Å²) in [5.74, 6) is 0.0393. The van der Waals surface area contributed by atoms with E-state index in [2.05, 4.69) is 4.98 Å². The van der Waals surface area contributed by atoms with Crippen LogP contribution in [0.5, 0.6) is 0 Å². The third-order valence-electron chi connectivity index (χ3n) is 2.76. The molecule has 17 heavy (non-hydrogen) atoms. The second kappa shape index (κ2) is 7.06. The maximum atomic E-state index is 11.8. The number of nitrogens with zero attached hydrogens (tertiary/aromatic N) is 3. The van der Waals surface area contributed by atoms with Crippen molar-refractivity contribution in [1.82, 2.24) is 14.5 Å². The van der Waals surface area contributed by atoms with Crippen LogP contribution in [0.25, 0.3) is 0 Å². The summed E-state index contributed by atoms with van der Waals surface area (Å²) in [4.78, 5) is 17.5. The molecule has 96 valence electrons. The third-order valence-corrected chi connectivity index (χ3v) is 2.76. The van der Waals surface area contributed by atoms with Gasteiger partial charge in [-0.15, -0.1) is 0 Å². The Labute approximate surface area is 103 Å². The van der Waals surface area contributed by atoms with Crippen LogP contribution in [-0.4, -0.2) is 40.0 Å². The number of aromatic nitrogens is 2. The normalized spacial score (nSPS) is 12.4. The van der Waals surface area contributed by atoms with E-state index in [0.717, 1.165) is 32.4 Å². The monoisotopic (exact) mass is 238 g/mol. The zero-order valence-corrected chi connectivity index (χ0v) is 10.7. The SMILES string of the molecule is CCCC(N)C(=O)N(C)CCCn1ccnc1. The van der Waals surface area contributed by atoms with Crippen molar-refractivity contribution in [3.8, 4) is 0 Å². The van der Waals surface area contributed by atoms with Gasteiger partial charge in [-0.2, -0.15) is 0 Å². The van der Waals surface area contributed by atoms with Crippen molar-refractivity contribution >= 4 is 5.91 Å². The molecule has 0 spiro atoms. The zero-order chi connectivity index (χ0) is 12.7. The minimum absolute atomic E-state index is 0.0393. The second-order valence-electron chi connectivity index (χ2n) is 4.31. The molecule has 5 nitrogen and oxygen atoms in total. The van der Waals surface area contributed by atoms with E-state index in [-0.39, 0.29) is 11.9 Å². The van der Waals surface area contributed by atoms with Crippen LogP contribution in [0.15, 0.2) is 18.7 Å². The van der Waals surface area contributed by atoms with E-state index in [4.69, 9.17) is 5.73 Å². The van der Waals surface area contributed by atoms with Crippen LogP contribution >= 0.6 is 0 Å². The highest BCUT2D eigenvalue weighted by molar-refractivity contribution is 5.81. The molecule has 0 aromatic carbocycles. The van der Waals surface area contributed by atoms with Gasteiger partial charge in [0.05, 0.1) is 12.4 Å². The summed E-state index contributed by atoms with van der Waals surface area (Å²) in [5.41, 5.74) is 5.79. The summed E-state index contributed by atoms with van der Waals surface area (Å²) in [6.45, 7) is 3.64. The highest BCUT2D eigenvalue weighted by atomic mass is 16.2. The van der Waals surface area contributed by atoms with Crippen molar-refractivity contribution in [3.05, 3.63) is 18.7 Å². The van der Waals surface area contributed by atoms with Crippen LogP contribution in [0, 0.1) is 0 Å². The molecule has 1 rings (SSSR count). The van der Waals surface area contributed by atoms with Gasteiger partial charge < -0.3 is 15.2 Å². The first-order valence-corrected chi connectivity index (χ1v) is 6.11. The van der Waals surface area contributed by atoms with Gasteiger partial charge in [0.25, 0.3) is 0 Å². The average molecular weight is 238 g/mol. The van der Waals surface area contributed by atoms with Gasteiger partial charge in [0.1, 0.15) is 0 Å². The molecule has 0 radical (unpaired) electrons. The highest BCUT2D eigenvalue weighted by Gasteiger charge is 2.16. The number of rotatable bonds is 7. The highest BCUT2D eigenvalue weighted by Crippen LogP contribution is 2.00. The fraction of sp³-hybridized carbons (Fsp3) is 0.667. The van der Waals surface area contributed by atoms with Crippen molar-refractivity contribution < 1.29 is 4.79 Å². The predicted octanol–water partition coefficient (Wildman–Crippen LogP) is 0.859. The number of amides is 1. The Kier molecular flexibility index (Phi) is 5.69. The molecule has 0 fully saturated rings. The topological polar surface area (TPSA) is 64.2 Å². The summed E-state index contributed by atoms with van der Waals surface area (Å²) in [7, 11) is 1.81. The molecular weight excluding hydrogens is 216 g/mol. The van der Waals surface area contributed by atoms with Gasteiger partial charge in [0, 0.05) is 32.5 Å². The summed E-state index contributed by atoms with van der Waals surface area (Å²) < 4.78 is 2.00. The number of hydrogen-bond donors (Lipinski definition) is 1. The molecule has 0 saturated heterocycles. The fourth-order valence-corrected chi connectivity index (χ4v) is 1.74. The average Bonchev–Trinajstić information content (AvgIpc) is 2.81. The third kappa shape index (κ3) is 4.56. The number of aryl methyl sites for hydroxylation is 1. The van der Waals surface area contributed by atoms with Gasteiger partial charge >= 0.3 is 0 Å². The van der Waals surface area contributed by atoms with E-state index in [9.17, 15) is 4.79 Å². The molecule has 1 heterocycles. The minimum Gasteiger partial charge on any atom is -0.344 e. The van der Waals surface area contributed by atoms with E-state index in [1.807, 2.05) is 24.7 Å². The lowest BCUT2D eigenvalue weighted by Crippen LogP contribution is -2.42. The molecule has 1 atom stereocenters. The summed E-state index contributed by atoms with van der Waals surface area (Å²) >= 11 is 0. The first-order valence-electron chi connectivity index (χ1n) is 6.11. The summed E-state index contributed by atoms with van der Waals surface area (Å²) in [5, 5.41) is 0. The Morgan fingerprint density at radius 1 is 1.59 bits per heavy atom. The van der Waals surface area contributed by atoms with E-state index < -0.39 is 0 Å². The van der Waals surface area contributed by atoms with Gasteiger partial charge in [-0.25, -0.2) is 4.98 Å². The summed E-state index contributed by atoms with van der Waals surface area (Å²) in [6, 6.07) is -0.349. The molecule has 1 aromatic heterocycles. The van der Waals surface area contributed by atoms with Gasteiger partial charge in [0.2, 0.25) is 5.91 Å². The molecule has 0 bridgehead atoms. The largest absolute Gasteiger partial charge is 0.344 e. The van der Waals surface area contributed by atoms with E-state index in [0.29, 0.717) is 0 Å². The van der Waals surface area contributed by atoms with Crippen molar-refractivity contribution in [1.29, 1.82) is 0 Å².